The molecule has 3 heterocycles. The number of carbonyl (C=O) groups excluding carboxylic acids is 2. The van der Waals surface area contributed by atoms with E-state index in [0.29, 0.717) is 25.8 Å². The van der Waals surface area contributed by atoms with Crippen molar-refractivity contribution in [3.05, 3.63) is 58.7 Å². The van der Waals surface area contributed by atoms with Crippen molar-refractivity contribution >= 4 is 27.5 Å². The Balaban J connectivity index is 1.35. The summed E-state index contributed by atoms with van der Waals surface area (Å²) < 4.78 is 55.8. The molecule has 2 amide bonds. The average Bonchev–Trinajstić information content (AvgIpc) is 3.21. The van der Waals surface area contributed by atoms with Crippen LogP contribution in [0.5, 0.6) is 0 Å². The standard InChI is InChI=1S/C22H21F2N3O4S/c23-17-2-1-3-18(24)20(17)22(29)25-8-10-26(11-9-25)32(30,31)16-12-14-4-5-19(28)27-7-6-15(13-16)21(14)27/h1-3,12-13H,4-11H2. The summed E-state index contributed by atoms with van der Waals surface area (Å²) in [5.41, 5.74) is 1.95. The summed E-state index contributed by atoms with van der Waals surface area (Å²) >= 11 is 0. The molecule has 10 heteroatoms. The molecule has 0 N–H and O–H groups in total. The van der Waals surface area contributed by atoms with Gasteiger partial charge in [0.1, 0.15) is 17.2 Å². The van der Waals surface area contributed by atoms with Gasteiger partial charge in [0.2, 0.25) is 15.9 Å². The summed E-state index contributed by atoms with van der Waals surface area (Å²) in [7, 11) is -3.81. The molecule has 1 fully saturated rings. The van der Waals surface area contributed by atoms with E-state index in [2.05, 4.69) is 0 Å². The monoisotopic (exact) mass is 461 g/mol. The van der Waals surface area contributed by atoms with Gasteiger partial charge >= 0.3 is 0 Å². The van der Waals surface area contributed by atoms with Crippen molar-refractivity contribution < 1.29 is 26.8 Å². The van der Waals surface area contributed by atoms with E-state index in [9.17, 15) is 26.8 Å². The Labute approximate surface area is 184 Å². The summed E-state index contributed by atoms with van der Waals surface area (Å²) in [5, 5.41) is 0. The first-order valence-electron chi connectivity index (χ1n) is 10.5. The fourth-order valence-corrected chi connectivity index (χ4v) is 6.24. The van der Waals surface area contributed by atoms with E-state index in [1.165, 1.54) is 15.3 Å². The maximum absolute atomic E-state index is 14.0. The minimum atomic E-state index is -3.81. The molecule has 32 heavy (non-hydrogen) atoms. The van der Waals surface area contributed by atoms with Gasteiger partial charge in [-0.15, -0.1) is 0 Å². The van der Waals surface area contributed by atoms with Crippen LogP contribution in [0.15, 0.2) is 35.2 Å². The lowest BCUT2D eigenvalue weighted by molar-refractivity contribution is -0.118. The molecule has 0 aliphatic carbocycles. The highest BCUT2D eigenvalue weighted by Crippen LogP contribution is 2.39. The molecule has 2 aromatic carbocycles. The van der Waals surface area contributed by atoms with E-state index < -0.39 is 33.1 Å². The molecule has 7 nitrogen and oxygen atoms in total. The number of anilines is 1. The molecular formula is C22H21F2N3O4S. The van der Waals surface area contributed by atoms with E-state index in [4.69, 9.17) is 0 Å². The molecule has 0 unspecified atom stereocenters. The first kappa shape index (κ1) is 21.0. The Morgan fingerprint density at radius 3 is 2.16 bits per heavy atom. The number of benzene rings is 2. The van der Waals surface area contributed by atoms with Gasteiger partial charge in [-0.25, -0.2) is 17.2 Å². The van der Waals surface area contributed by atoms with E-state index in [0.717, 1.165) is 28.9 Å². The highest BCUT2D eigenvalue weighted by molar-refractivity contribution is 7.89. The summed E-state index contributed by atoms with van der Waals surface area (Å²) in [4.78, 5) is 27.9. The van der Waals surface area contributed by atoms with E-state index in [1.807, 2.05) is 0 Å². The van der Waals surface area contributed by atoms with Gasteiger partial charge < -0.3 is 9.80 Å². The molecule has 0 atom stereocenters. The zero-order chi connectivity index (χ0) is 22.6. The van der Waals surface area contributed by atoms with Crippen molar-refractivity contribution in [3.63, 3.8) is 0 Å². The Kier molecular flexibility index (Phi) is 5.01. The van der Waals surface area contributed by atoms with Crippen molar-refractivity contribution in [3.8, 4) is 0 Å². The van der Waals surface area contributed by atoms with Crippen LogP contribution in [0.4, 0.5) is 14.5 Å². The Bertz CT molecular complexity index is 1220. The highest BCUT2D eigenvalue weighted by Gasteiger charge is 2.36. The SMILES string of the molecule is O=C(c1c(F)cccc1F)N1CCN(S(=O)(=O)c2cc3c4c(c2)CCN4C(=O)CC3)CC1. The van der Waals surface area contributed by atoms with Crippen molar-refractivity contribution in [2.45, 2.75) is 24.2 Å². The largest absolute Gasteiger partial charge is 0.336 e. The second-order valence-electron chi connectivity index (χ2n) is 8.18. The number of sulfonamides is 1. The van der Waals surface area contributed by atoms with Gasteiger partial charge in [0.05, 0.1) is 10.6 Å². The van der Waals surface area contributed by atoms with Crippen molar-refractivity contribution in [1.29, 1.82) is 0 Å². The minimum absolute atomic E-state index is 0.0289. The summed E-state index contributed by atoms with van der Waals surface area (Å²) in [6.45, 7) is 0.693. The normalized spacial score (nSPS) is 18.8. The van der Waals surface area contributed by atoms with Gasteiger partial charge in [0, 0.05) is 39.1 Å². The molecular weight excluding hydrogens is 440 g/mol. The molecule has 2 aromatic rings. The molecule has 0 aromatic heterocycles. The van der Waals surface area contributed by atoms with Gasteiger partial charge in [0.25, 0.3) is 5.91 Å². The Morgan fingerprint density at radius 2 is 1.50 bits per heavy atom. The minimum Gasteiger partial charge on any atom is -0.336 e. The number of hydrogen-bond donors (Lipinski definition) is 0. The van der Waals surface area contributed by atoms with Gasteiger partial charge in [0.15, 0.2) is 0 Å². The summed E-state index contributed by atoms with van der Waals surface area (Å²) in [6.07, 6.45) is 1.49. The van der Waals surface area contributed by atoms with Crippen molar-refractivity contribution in [2.75, 3.05) is 37.6 Å². The molecule has 3 aliphatic rings. The summed E-state index contributed by atoms with van der Waals surface area (Å²) in [5.74, 6) is -2.60. The molecule has 1 saturated heterocycles. The van der Waals surface area contributed by atoms with Crippen LogP contribution in [0.2, 0.25) is 0 Å². The lowest BCUT2D eigenvalue weighted by Crippen LogP contribution is -2.50. The number of carbonyl (C=O) groups is 2. The van der Waals surface area contributed by atoms with E-state index in [-0.39, 0.29) is 37.0 Å². The van der Waals surface area contributed by atoms with Crippen LogP contribution >= 0.6 is 0 Å². The molecule has 5 rings (SSSR count). The fourth-order valence-electron chi connectivity index (χ4n) is 4.72. The number of piperazine rings is 1. The van der Waals surface area contributed by atoms with Crippen LogP contribution in [0, 0.1) is 11.6 Å². The predicted molar refractivity (Wildman–Crippen MR) is 112 cm³/mol. The lowest BCUT2D eigenvalue weighted by Gasteiger charge is -2.34. The number of hydrogen-bond acceptors (Lipinski definition) is 4. The van der Waals surface area contributed by atoms with E-state index >= 15 is 0 Å². The second kappa shape index (κ2) is 7.63. The summed E-state index contributed by atoms with van der Waals surface area (Å²) in [6, 6.07) is 6.51. The number of nitrogens with zero attached hydrogens (tertiary/aromatic N) is 3. The molecule has 0 saturated carbocycles. The molecule has 168 valence electrons. The predicted octanol–water partition coefficient (Wildman–Crippen LogP) is 1.95. The quantitative estimate of drug-likeness (QED) is 0.700. The highest BCUT2D eigenvalue weighted by atomic mass is 32.2. The van der Waals surface area contributed by atoms with Gasteiger partial charge in [-0.3, -0.25) is 9.59 Å². The van der Waals surface area contributed by atoms with Crippen LogP contribution < -0.4 is 4.90 Å². The Morgan fingerprint density at radius 1 is 0.875 bits per heavy atom. The van der Waals surface area contributed by atoms with Crippen LogP contribution in [-0.4, -0.2) is 62.2 Å². The molecule has 0 radical (unpaired) electrons. The fraction of sp³-hybridized carbons (Fsp3) is 0.364. The first-order valence-corrected chi connectivity index (χ1v) is 11.9. The van der Waals surface area contributed by atoms with Crippen molar-refractivity contribution in [1.82, 2.24) is 9.21 Å². The third-order valence-corrected chi connectivity index (χ3v) is 8.24. The molecule has 0 spiro atoms. The van der Waals surface area contributed by atoms with Crippen LogP contribution in [-0.2, 0) is 27.7 Å². The number of rotatable bonds is 3. The van der Waals surface area contributed by atoms with Crippen molar-refractivity contribution in [2.24, 2.45) is 0 Å². The molecule has 0 bridgehead atoms. The van der Waals surface area contributed by atoms with Gasteiger partial charge in [-0.1, -0.05) is 6.07 Å². The number of amides is 2. The maximum Gasteiger partial charge on any atom is 0.259 e. The van der Waals surface area contributed by atoms with Crippen LogP contribution in [0.3, 0.4) is 0 Å². The second-order valence-corrected chi connectivity index (χ2v) is 10.1. The zero-order valence-corrected chi connectivity index (χ0v) is 18.0. The third-order valence-electron chi connectivity index (χ3n) is 6.37. The lowest BCUT2D eigenvalue weighted by atomic mass is 10.00. The number of aryl methyl sites for hydroxylation is 1. The number of halogens is 2. The third kappa shape index (κ3) is 3.29. The van der Waals surface area contributed by atoms with Crippen LogP contribution in [0.25, 0.3) is 0 Å². The van der Waals surface area contributed by atoms with Crippen LogP contribution in [0.1, 0.15) is 27.9 Å². The van der Waals surface area contributed by atoms with Gasteiger partial charge in [-0.2, -0.15) is 4.31 Å². The zero-order valence-electron chi connectivity index (χ0n) is 17.2. The molecule has 3 aliphatic heterocycles. The van der Waals surface area contributed by atoms with E-state index in [1.54, 1.807) is 17.0 Å². The first-order chi connectivity index (χ1) is 15.3. The smallest absolute Gasteiger partial charge is 0.259 e. The van der Waals surface area contributed by atoms with Gasteiger partial charge in [-0.05, 0) is 48.2 Å². The Hall–Kier alpha value is -2.85. The maximum atomic E-state index is 14.0. The topological polar surface area (TPSA) is 78.0 Å². The average molecular weight is 461 g/mol.